The molecule has 7 aliphatic carbocycles. The van der Waals surface area contributed by atoms with Crippen molar-refractivity contribution in [2.75, 3.05) is 4.90 Å². The van der Waals surface area contributed by atoms with Crippen molar-refractivity contribution in [2.45, 2.75) is 223 Å². The van der Waals surface area contributed by atoms with E-state index in [1.807, 2.05) is 0 Å². The molecule has 20 aromatic rings. The molecule has 2 heterocycles. The molecule has 2 spiro atoms. The van der Waals surface area contributed by atoms with Crippen LogP contribution in [0.25, 0.3) is 166 Å². The lowest BCUT2D eigenvalue weighted by molar-refractivity contribution is 0.399. The van der Waals surface area contributed by atoms with Crippen LogP contribution in [0.5, 0.6) is 0 Å². The van der Waals surface area contributed by atoms with Gasteiger partial charge in [-0.1, -0.05) is 449 Å². The predicted molar refractivity (Wildman–Crippen MR) is 614 cm³/mol. The second-order valence-electron chi connectivity index (χ2n) is 44.3. The molecule has 0 saturated heterocycles. The van der Waals surface area contributed by atoms with Gasteiger partial charge in [0, 0.05) is 60.4 Å². The Bertz CT molecular complexity index is 8480. The molecule has 0 amide bonds. The summed E-state index contributed by atoms with van der Waals surface area (Å²) in [5.41, 5.74) is 52.8. The number of anilines is 3. The summed E-state index contributed by atoms with van der Waals surface area (Å²) in [5.74, 6) is 0. The van der Waals surface area contributed by atoms with Crippen molar-refractivity contribution in [3.8, 4) is 122 Å². The van der Waals surface area contributed by atoms with Gasteiger partial charge < -0.3 is 13.7 Å². The average Bonchev–Trinajstić information content (AvgIpc) is 1.48. The Labute approximate surface area is 861 Å². The van der Waals surface area contributed by atoms with Gasteiger partial charge in [0.05, 0.1) is 10.8 Å². The predicted octanol–water partition coefficient (Wildman–Crippen LogP) is 40.6. The van der Waals surface area contributed by atoms with E-state index >= 15 is 0 Å². The number of hydrogen-bond donors (Lipinski definition) is 0. The Balaban J connectivity index is 0.600. The molecule has 0 aliphatic heterocycles. The molecular formula is C143H127NO2. The molecule has 3 heteroatoms. The fourth-order valence-electron chi connectivity index (χ4n) is 29.3. The van der Waals surface area contributed by atoms with E-state index in [4.69, 9.17) is 8.83 Å². The summed E-state index contributed by atoms with van der Waals surface area (Å²) in [6.45, 7) is 14.4. The summed E-state index contributed by atoms with van der Waals surface area (Å²) in [6, 6.07) is 145. The zero-order valence-corrected chi connectivity index (χ0v) is 85.5. The molecule has 0 bridgehead atoms. The number of unbranched alkanes of at least 4 members (excludes halogenated alkanes) is 16. The lowest BCUT2D eigenvalue weighted by Gasteiger charge is -2.35. The van der Waals surface area contributed by atoms with Crippen molar-refractivity contribution in [1.82, 2.24) is 0 Å². The van der Waals surface area contributed by atoms with Gasteiger partial charge in [0.25, 0.3) is 0 Å². The number of furan rings is 2. The van der Waals surface area contributed by atoms with E-state index in [0.717, 1.165) is 76.0 Å². The number of rotatable bonds is 31. The second kappa shape index (κ2) is 35.9. The van der Waals surface area contributed by atoms with Crippen molar-refractivity contribution in [2.24, 2.45) is 0 Å². The number of fused-ring (bicyclic) bond motifs is 37. The van der Waals surface area contributed by atoms with Crippen LogP contribution >= 0.6 is 0 Å². The van der Waals surface area contributed by atoms with Crippen LogP contribution in [0, 0.1) is 0 Å². The van der Waals surface area contributed by atoms with Gasteiger partial charge in [0.15, 0.2) is 0 Å². The normalized spacial score (nSPS) is 14.8. The first-order valence-electron chi connectivity index (χ1n) is 55.4. The minimum Gasteiger partial charge on any atom is -0.456 e. The molecule has 0 fully saturated rings. The molecule has 7 aliphatic rings. The van der Waals surface area contributed by atoms with Crippen LogP contribution in [0.15, 0.2) is 379 Å². The van der Waals surface area contributed by atoms with E-state index in [9.17, 15) is 0 Å². The molecule has 716 valence electrons. The van der Waals surface area contributed by atoms with Gasteiger partial charge in [-0.05, 0) is 311 Å². The van der Waals surface area contributed by atoms with E-state index in [0.29, 0.717) is 0 Å². The van der Waals surface area contributed by atoms with Crippen molar-refractivity contribution < 1.29 is 8.83 Å². The van der Waals surface area contributed by atoms with E-state index in [1.165, 1.54) is 328 Å². The first-order chi connectivity index (χ1) is 72.0. The van der Waals surface area contributed by atoms with Crippen LogP contribution in [-0.2, 0) is 27.1 Å². The third kappa shape index (κ3) is 13.6. The first-order valence-corrected chi connectivity index (χ1v) is 55.4. The molecular weight excluding hydrogens is 1760 g/mol. The zero-order chi connectivity index (χ0) is 97.7. The van der Waals surface area contributed by atoms with Gasteiger partial charge in [0.1, 0.15) is 22.3 Å². The Kier molecular flexibility index (Phi) is 22.2. The third-order valence-corrected chi connectivity index (χ3v) is 36.1. The quantitative estimate of drug-likeness (QED) is 0.0406. The summed E-state index contributed by atoms with van der Waals surface area (Å²) in [6.07, 6.45) is 29.4. The van der Waals surface area contributed by atoms with Crippen molar-refractivity contribution in [1.29, 1.82) is 0 Å². The first kappa shape index (κ1) is 90.1. The highest BCUT2D eigenvalue weighted by atomic mass is 16.3. The topological polar surface area (TPSA) is 29.5 Å². The summed E-state index contributed by atoms with van der Waals surface area (Å²) >= 11 is 0. The fourth-order valence-corrected chi connectivity index (χ4v) is 29.3. The molecule has 146 heavy (non-hydrogen) atoms. The standard InChI is InChI=1S/C143H127NO2/c1-7-11-15-19-40-80-140(81-41-20-16-12-8-2)117-53-33-26-46-102(117)109-75-68-98(86-125(109)140)97-67-74-108-107-73-66-96(84-123(107)139(5,6)124(108)85-97)94-60-62-95(63-61-94)114-89-130-134(137-113-52-32-39-59-132(113)146-138(114)137)111-77-72-100(87-126(111)141(130,82-42-21-17-13-9-3)83-43-22-18-14-10-4)144(99-69-64-93(65-70-99)92-44-24-23-25-45-92)101-71-76-110-115-90-129-116(91-128(115)143(127(110)88-101)120-56-36-29-49-105(120)106-50-30-37-57-121(106)143)135-122(78-79-133-136(135)112-51-31-38-58-131(112)145-133)142(129)118-54-34-27-47-103(118)104-48-28-35-55-119(104)142/h23-39,44-79,84-91H,7-22,40-43,80-83H2,1-6H3. The highest BCUT2D eigenvalue weighted by Gasteiger charge is 2.58. The molecule has 18 aromatic carbocycles. The highest BCUT2D eigenvalue weighted by Crippen LogP contribution is 2.71. The molecule has 0 atom stereocenters. The maximum absolute atomic E-state index is 7.51. The van der Waals surface area contributed by atoms with Crippen LogP contribution in [0.3, 0.4) is 0 Å². The zero-order valence-electron chi connectivity index (χ0n) is 85.5. The minimum absolute atomic E-state index is 0.0262. The molecule has 3 nitrogen and oxygen atoms in total. The Morgan fingerprint density at radius 3 is 1.09 bits per heavy atom. The van der Waals surface area contributed by atoms with Gasteiger partial charge in [0.2, 0.25) is 0 Å². The van der Waals surface area contributed by atoms with Crippen LogP contribution in [-0.4, -0.2) is 0 Å². The number of hydrogen-bond acceptors (Lipinski definition) is 3. The smallest absolute Gasteiger partial charge is 0.143 e. The fraction of sp³-hybridized carbons (Fsp3) is 0.245. The maximum Gasteiger partial charge on any atom is 0.143 e. The molecule has 0 saturated carbocycles. The molecule has 2 aromatic heterocycles. The van der Waals surface area contributed by atoms with Crippen molar-refractivity contribution >= 4 is 60.9 Å². The summed E-state index contributed by atoms with van der Waals surface area (Å²) in [5, 5.41) is 4.71. The Morgan fingerprint density at radius 1 is 0.199 bits per heavy atom. The Hall–Kier alpha value is -14.6. The minimum atomic E-state index is -0.730. The van der Waals surface area contributed by atoms with Gasteiger partial charge >= 0.3 is 0 Å². The van der Waals surface area contributed by atoms with Gasteiger partial charge in [-0.15, -0.1) is 0 Å². The van der Waals surface area contributed by atoms with Crippen LogP contribution in [0.2, 0.25) is 0 Å². The van der Waals surface area contributed by atoms with Crippen LogP contribution in [0.1, 0.15) is 274 Å². The van der Waals surface area contributed by atoms with Gasteiger partial charge in [-0.25, -0.2) is 0 Å². The summed E-state index contributed by atoms with van der Waals surface area (Å²) in [7, 11) is 0. The number of nitrogens with zero attached hydrogens (tertiary/aromatic N) is 1. The van der Waals surface area contributed by atoms with Crippen LogP contribution in [0.4, 0.5) is 17.1 Å². The average molecular weight is 1890 g/mol. The molecule has 0 N–H and O–H groups in total. The second-order valence-corrected chi connectivity index (χ2v) is 44.3. The van der Waals surface area contributed by atoms with E-state index in [-0.39, 0.29) is 16.2 Å². The monoisotopic (exact) mass is 1890 g/mol. The molecule has 0 unspecified atom stereocenters. The van der Waals surface area contributed by atoms with E-state index in [2.05, 4.69) is 416 Å². The largest absolute Gasteiger partial charge is 0.456 e. The lowest BCUT2D eigenvalue weighted by Crippen LogP contribution is -2.27. The van der Waals surface area contributed by atoms with Crippen molar-refractivity contribution in [3.05, 3.63) is 448 Å². The SMILES string of the molecule is CCCCCCCC1(CCCCCCC)c2ccccc2-c2ccc(-c3ccc4c(c3)C(C)(C)c3cc(-c5ccc(-c6cc7c(c8c6oc6ccccc68)-c6ccc(N(c8ccc(-c9ccccc9)cc8)c8ccc9c(c8)C8(c%10ccccc%10-c%10ccccc%108)c8cc%10c(cc8-9)C8(c9ccccc9-c9ccccc98)c8ccc9oc%11ccccc%11c9c8-%10)cc6C7(CCCCCCC)CCCCCCC)cc5)ccc3-4)cc21. The lowest BCUT2D eigenvalue weighted by atomic mass is 9.68. The van der Waals surface area contributed by atoms with Gasteiger partial charge in [-0.2, -0.15) is 0 Å². The maximum atomic E-state index is 7.51. The number of benzene rings is 18. The molecule has 0 radical (unpaired) electrons. The summed E-state index contributed by atoms with van der Waals surface area (Å²) in [4.78, 5) is 2.64. The van der Waals surface area contributed by atoms with Crippen molar-refractivity contribution in [3.63, 3.8) is 0 Å². The Morgan fingerprint density at radius 2 is 0.541 bits per heavy atom. The van der Waals surface area contributed by atoms with E-state index < -0.39 is 10.8 Å². The summed E-state index contributed by atoms with van der Waals surface area (Å²) < 4.78 is 14.5. The van der Waals surface area contributed by atoms with E-state index in [1.54, 1.807) is 11.1 Å². The highest BCUT2D eigenvalue weighted by molar-refractivity contribution is 6.20. The van der Waals surface area contributed by atoms with Gasteiger partial charge in [-0.3, -0.25) is 0 Å². The molecule has 27 rings (SSSR count). The van der Waals surface area contributed by atoms with Crippen LogP contribution < -0.4 is 4.90 Å². The third-order valence-electron chi connectivity index (χ3n) is 36.1. The number of para-hydroxylation sites is 2.